The number of aliphatic hydroxyl groups excluding tert-OH is 2. The van der Waals surface area contributed by atoms with Crippen molar-refractivity contribution < 1.29 is 95.2 Å². The van der Waals surface area contributed by atoms with Crippen LogP contribution in [0.1, 0.15) is 46.8 Å². The lowest BCUT2D eigenvalue weighted by molar-refractivity contribution is -0.137. The number of phosphoric acid groups is 3. The highest BCUT2D eigenvalue weighted by Gasteiger charge is 2.50. The van der Waals surface area contributed by atoms with Crippen LogP contribution >= 0.6 is 35.2 Å². The van der Waals surface area contributed by atoms with Crippen LogP contribution in [-0.4, -0.2) is 140 Å². The van der Waals surface area contributed by atoms with E-state index >= 15 is 0 Å². The number of Topliss-reactive ketones (excluding diaryl/α,β-unsaturated/α-hetero) is 1. The minimum absolute atomic E-state index is 0.0240. The van der Waals surface area contributed by atoms with Crippen molar-refractivity contribution in [2.45, 2.75) is 71.2 Å². The van der Waals surface area contributed by atoms with Crippen LogP contribution in [0, 0.1) is 5.41 Å². The zero-order chi connectivity index (χ0) is 44.2. The summed E-state index contributed by atoms with van der Waals surface area (Å²) < 4.78 is 61.9. The van der Waals surface area contributed by atoms with E-state index in [0.717, 1.165) is 35.9 Å². The molecule has 1 fully saturated rings. The van der Waals surface area contributed by atoms with Gasteiger partial charge in [0.2, 0.25) is 11.8 Å². The Morgan fingerprint density at radius 1 is 1.02 bits per heavy atom. The number of carbonyl (C=O) groups excluding carboxylic acids is 4. The first-order chi connectivity index (χ1) is 26.6. The maximum atomic E-state index is 12.6. The van der Waals surface area contributed by atoms with Crippen LogP contribution in [0.5, 0.6) is 0 Å². The molecule has 0 saturated carbocycles. The van der Waals surface area contributed by atoms with E-state index in [2.05, 4.69) is 34.4 Å². The number of carboxylic acid groups (broad SMARTS) is 1. The Morgan fingerprint density at radius 2 is 1.64 bits per heavy atom. The number of nitrogen functional groups attached to an aromatic ring is 1. The molecule has 0 radical (unpaired) electrons. The highest BCUT2D eigenvalue weighted by molar-refractivity contribution is 8.13. The average molecular weight is 912 g/mol. The number of ketones is 1. The van der Waals surface area contributed by atoms with E-state index < -0.39 is 90.5 Å². The molecule has 2 amide bonds. The van der Waals surface area contributed by atoms with Crippen LogP contribution in [-0.2, 0) is 60.3 Å². The van der Waals surface area contributed by atoms with Crippen LogP contribution in [0.3, 0.4) is 0 Å². The van der Waals surface area contributed by atoms with E-state index in [1.807, 2.05) is 0 Å². The molecule has 1 saturated heterocycles. The standard InChI is InChI=1S/C25H40N7O18P3S.C2H4O2/c1-13(33)8-16(35)54-7-6-27-15(34)4-5-28-23(38)20(37)25(2,3)10-47-53(44,45)50-52(42,43)46-9-14-19(49-51(39,40)41)18(36)24(48-14)32-12-31-17-21(26)29-11-30-22(17)32;1-2(3)4/h11-12,14,18-20,24,36-37H,4-10H2,1-3H3,(H,27,34)(H,28,38)(H,42,43)(H,44,45)(H2,26,29,30)(H2,39,40,41);1H3,(H,3,4)/t14-,18-,19-,20+,24-;/m1./s1. The number of nitrogens with two attached hydrogens (primary N) is 1. The smallest absolute Gasteiger partial charge is 0.481 e. The Balaban J connectivity index is 0.00000276. The SMILES string of the molecule is CC(=O)CC(=O)SCCNC(=O)CCNC(=O)[C@H](O)C(C)(C)COP(=O)(O)OP(=O)(O)OC[C@H]1O[C@@H](n2cnc3c(N)ncnc32)[C@H](O)[C@@H]1OP(=O)(O)O.CC(=O)O. The summed E-state index contributed by atoms with van der Waals surface area (Å²) in [6.07, 6.45) is -7.24. The first-order valence-electron chi connectivity index (χ1n) is 16.4. The molecule has 2 unspecified atom stereocenters. The Bertz CT molecular complexity index is 1930. The molecule has 11 N–H and O–H groups in total. The van der Waals surface area contributed by atoms with Gasteiger partial charge in [0.05, 0.1) is 26.0 Å². The topological polar surface area (TPSA) is 418 Å². The number of phosphoric ester groups is 3. The summed E-state index contributed by atoms with van der Waals surface area (Å²) in [6, 6.07) is 0. The zero-order valence-corrected chi connectivity index (χ0v) is 34.5. The Hall–Kier alpha value is -3.30. The second-order valence-corrected chi connectivity index (χ2v) is 18.1. The Kier molecular flexibility index (Phi) is 19.1. The fraction of sp³-hybridized carbons (Fsp3) is 0.630. The van der Waals surface area contributed by atoms with E-state index in [1.165, 1.54) is 20.8 Å². The molecule has 0 spiro atoms. The first-order valence-corrected chi connectivity index (χ1v) is 21.9. The van der Waals surface area contributed by atoms with Crippen LogP contribution in [0.25, 0.3) is 11.2 Å². The number of aromatic nitrogens is 4. The fourth-order valence-corrected chi connectivity index (χ4v) is 8.12. The molecule has 0 aromatic carbocycles. The van der Waals surface area contributed by atoms with Crippen LogP contribution in [0.4, 0.5) is 5.82 Å². The van der Waals surface area contributed by atoms with E-state index in [9.17, 15) is 62.7 Å². The molecule has 58 heavy (non-hydrogen) atoms. The normalized spacial score (nSPS) is 20.9. The number of aliphatic hydroxyl groups is 2. The lowest BCUT2D eigenvalue weighted by Crippen LogP contribution is -2.46. The van der Waals surface area contributed by atoms with Gasteiger partial charge in [0.1, 0.15) is 42.0 Å². The van der Waals surface area contributed by atoms with Crippen molar-refractivity contribution in [3.63, 3.8) is 0 Å². The number of rotatable bonds is 21. The largest absolute Gasteiger partial charge is 0.481 e. The summed E-state index contributed by atoms with van der Waals surface area (Å²) in [7, 11) is -16.4. The fourth-order valence-electron chi connectivity index (χ4n) is 4.55. The third-order valence-electron chi connectivity index (χ3n) is 7.16. The lowest BCUT2D eigenvalue weighted by atomic mass is 9.87. The third kappa shape index (κ3) is 17.1. The monoisotopic (exact) mass is 911 g/mol. The van der Waals surface area contributed by atoms with Gasteiger partial charge in [0.25, 0.3) is 5.97 Å². The van der Waals surface area contributed by atoms with E-state index in [0.29, 0.717) is 0 Å². The number of carbonyl (C=O) groups is 5. The van der Waals surface area contributed by atoms with Crippen molar-refractivity contribution in [1.82, 2.24) is 30.2 Å². The van der Waals surface area contributed by atoms with Crippen molar-refractivity contribution >= 4 is 80.9 Å². The zero-order valence-electron chi connectivity index (χ0n) is 31.0. The maximum Gasteiger partial charge on any atom is 0.481 e. The highest BCUT2D eigenvalue weighted by atomic mass is 32.2. The minimum Gasteiger partial charge on any atom is -0.481 e. The molecule has 328 valence electrons. The van der Waals surface area contributed by atoms with Crippen molar-refractivity contribution in [3.05, 3.63) is 12.7 Å². The molecule has 7 atom stereocenters. The van der Waals surface area contributed by atoms with E-state index in [1.54, 1.807) is 0 Å². The molecule has 3 rings (SSSR count). The Labute approximate surface area is 332 Å². The number of amides is 2. The van der Waals surface area contributed by atoms with Gasteiger partial charge >= 0.3 is 23.5 Å². The summed E-state index contributed by atoms with van der Waals surface area (Å²) in [4.78, 5) is 107. The van der Waals surface area contributed by atoms with E-state index in [4.69, 9.17) is 29.4 Å². The maximum absolute atomic E-state index is 12.6. The molecule has 31 heteroatoms. The van der Waals surface area contributed by atoms with Gasteiger partial charge in [-0.25, -0.2) is 28.6 Å². The highest BCUT2D eigenvalue weighted by Crippen LogP contribution is 2.61. The van der Waals surface area contributed by atoms with Crippen molar-refractivity contribution in [1.29, 1.82) is 0 Å². The number of hydrogen-bond donors (Lipinski definition) is 10. The van der Waals surface area contributed by atoms with Gasteiger partial charge in [-0.05, 0) is 6.92 Å². The van der Waals surface area contributed by atoms with Gasteiger partial charge in [-0.1, -0.05) is 25.6 Å². The summed E-state index contributed by atoms with van der Waals surface area (Å²) >= 11 is 0.878. The quantitative estimate of drug-likeness (QED) is 0.0397. The van der Waals surface area contributed by atoms with Gasteiger partial charge < -0.3 is 56.0 Å². The van der Waals surface area contributed by atoms with Crippen LogP contribution < -0.4 is 16.4 Å². The van der Waals surface area contributed by atoms with Crippen LogP contribution in [0.15, 0.2) is 12.7 Å². The number of aliphatic carboxylic acids is 1. The van der Waals surface area contributed by atoms with E-state index in [-0.39, 0.29) is 59.6 Å². The predicted molar refractivity (Wildman–Crippen MR) is 196 cm³/mol. The molecule has 2 aromatic heterocycles. The number of hydrogen-bond acceptors (Lipinski definition) is 20. The molecule has 27 nitrogen and oxygen atoms in total. The number of nitrogens with one attached hydrogen (secondary N) is 2. The van der Waals surface area contributed by atoms with Gasteiger partial charge in [0, 0.05) is 37.6 Å². The lowest BCUT2D eigenvalue weighted by Gasteiger charge is -2.30. The van der Waals surface area contributed by atoms with Crippen molar-refractivity contribution in [2.24, 2.45) is 5.41 Å². The number of nitrogens with zero attached hydrogens (tertiary/aromatic N) is 4. The number of ether oxygens (including phenoxy) is 1. The van der Waals surface area contributed by atoms with Gasteiger partial charge in [-0.2, -0.15) is 4.31 Å². The summed E-state index contributed by atoms with van der Waals surface area (Å²) in [5, 5.41) is 33.2. The van der Waals surface area contributed by atoms with Gasteiger partial charge in [-0.15, -0.1) is 0 Å². The molecular weight excluding hydrogens is 867 g/mol. The molecule has 0 aliphatic carbocycles. The molecule has 0 bridgehead atoms. The first kappa shape index (κ1) is 50.8. The second kappa shape index (κ2) is 21.8. The van der Waals surface area contributed by atoms with Crippen molar-refractivity contribution in [3.8, 4) is 0 Å². The van der Waals surface area contributed by atoms with Crippen LogP contribution in [0.2, 0.25) is 0 Å². The number of anilines is 1. The molecule has 3 heterocycles. The average Bonchev–Trinajstić information content (AvgIpc) is 3.64. The number of carboxylic acids is 1. The summed E-state index contributed by atoms with van der Waals surface area (Å²) in [5.74, 6) is -2.44. The molecule has 1 aliphatic heterocycles. The minimum atomic E-state index is -5.58. The third-order valence-corrected chi connectivity index (χ3v) is 11.1. The Morgan fingerprint density at radius 3 is 2.24 bits per heavy atom. The summed E-state index contributed by atoms with van der Waals surface area (Å²) in [6.45, 7) is 2.66. The predicted octanol–water partition coefficient (Wildman–Crippen LogP) is -1.27. The molecule has 2 aromatic rings. The van der Waals surface area contributed by atoms with Gasteiger partial charge in [0.15, 0.2) is 22.8 Å². The summed E-state index contributed by atoms with van der Waals surface area (Å²) in [5.41, 5.74) is 4.22. The second-order valence-electron chi connectivity index (χ2n) is 12.7. The number of fused-ring (bicyclic) bond motifs is 1. The number of imidazole rings is 1. The van der Waals surface area contributed by atoms with Crippen molar-refractivity contribution in [2.75, 3.05) is 37.8 Å². The molecule has 1 aliphatic rings. The molecular formula is C27H44N7O20P3S. The number of thioether (sulfide) groups is 1. The van der Waals surface area contributed by atoms with Gasteiger partial charge in [-0.3, -0.25) is 42.1 Å².